The molecule has 0 saturated carbocycles. The van der Waals surface area contributed by atoms with Crippen LogP contribution in [0.1, 0.15) is 108 Å². The smallest absolute Gasteiger partial charge is 0.306 e. The van der Waals surface area contributed by atoms with Crippen LogP contribution in [0.3, 0.4) is 0 Å². The summed E-state index contributed by atoms with van der Waals surface area (Å²) in [5, 5.41) is 98.5. The number of esters is 1. The van der Waals surface area contributed by atoms with E-state index in [9.17, 15) is 65.1 Å². The SMILES string of the molecule is C.C/C=C1/[C@H](OC2OC(CO)C(O)C(O)C2O)OC=C(C(C)=O)[C@H]1CC(=O)OCCC.C/C=C1\Oc2c(ccc(OC3OC(CO)C(O)C(O)C3O)c2O)C1=O.CCC(C)C(C)Cc1ccc(C)c(O)c1.Cc1ccc2c(=O)c(C)coc2c1. The first-order valence-electron chi connectivity index (χ1n) is 27.5. The molecule has 4 aliphatic heterocycles. The highest BCUT2D eigenvalue weighted by Gasteiger charge is 2.48. The number of aliphatic hydroxyl groups is 8. The molecule has 12 unspecified atom stereocenters. The Morgan fingerprint density at radius 2 is 1.39 bits per heavy atom. The standard InChI is InChI=1S/C20H30O10.C16H18O9.C14H22O.C11H10O2.CH4/c1-4-6-27-15(23)7-12-11(5-2)19(28-9-13(12)10(3)22)30-20-18(26)17(25)16(24)14(8-21)29-20;1-2-7-10(18)6-3-4-8(12(20)15(6)23-7)24-16-14(22)13(21)11(19)9(5-17)25-16;1-5-10(2)12(4)8-13-7-6-11(3)14(15)9-13;1-7-3-4-9-10(5-7)13-6-8(2)11(9)12;/h5,9,12,14,16-21,24-26H,4,6-8H2,1-3H3;2-4,9,11,13-14,16-17,19-22H,5H2,1H3;6-7,9-10,12,15H,5,8H2,1-4H3;3-6H,1-2H3;1H4/b11-5+;7-2-;;;/t12-,14?,16?,17?,18?,19-,20?;;;;/m0..../s1. The van der Waals surface area contributed by atoms with Crippen LogP contribution < -0.4 is 14.9 Å². The first-order valence-corrected chi connectivity index (χ1v) is 27.5. The van der Waals surface area contributed by atoms with E-state index < -0.39 is 98.6 Å². The van der Waals surface area contributed by atoms with Gasteiger partial charge < -0.3 is 88.6 Å². The third kappa shape index (κ3) is 17.1. The third-order valence-electron chi connectivity index (χ3n) is 14.7. The highest BCUT2D eigenvalue weighted by molar-refractivity contribution is 6.13. The van der Waals surface area contributed by atoms with Gasteiger partial charge in [-0.15, -0.1) is 0 Å². The molecule has 3 aromatic carbocycles. The monoisotopic (exact) mass is 1180 g/mol. The lowest BCUT2D eigenvalue weighted by Gasteiger charge is -2.42. The van der Waals surface area contributed by atoms with Gasteiger partial charge in [0.15, 0.2) is 34.8 Å². The number of ether oxygens (including phenoxy) is 7. The molecule has 1 aromatic heterocycles. The van der Waals surface area contributed by atoms with Crippen LogP contribution in [-0.4, -0.2) is 156 Å². The molecule has 4 aromatic rings. The van der Waals surface area contributed by atoms with Gasteiger partial charge in [0, 0.05) is 22.6 Å². The molecule has 0 spiro atoms. The minimum atomic E-state index is -1.63. The van der Waals surface area contributed by atoms with Crippen molar-refractivity contribution in [2.75, 3.05) is 19.8 Å². The van der Waals surface area contributed by atoms with Crippen LogP contribution in [0, 0.1) is 38.5 Å². The molecular formula is C62H84O22. The van der Waals surface area contributed by atoms with E-state index in [-0.39, 0.29) is 65.8 Å². The average Bonchev–Trinajstić information content (AvgIpc) is 3.99. The van der Waals surface area contributed by atoms with Crippen LogP contribution in [0.25, 0.3) is 11.0 Å². The molecule has 10 N–H and O–H groups in total. The van der Waals surface area contributed by atoms with Crippen molar-refractivity contribution in [3.05, 3.63) is 128 Å². The van der Waals surface area contributed by atoms with E-state index in [1.54, 1.807) is 26.8 Å². The fourth-order valence-electron chi connectivity index (χ4n) is 9.18. The Morgan fingerprint density at radius 1 is 0.762 bits per heavy atom. The van der Waals surface area contributed by atoms with Crippen molar-refractivity contribution >= 4 is 28.5 Å². The number of benzene rings is 3. The van der Waals surface area contributed by atoms with Crippen molar-refractivity contribution < 1.29 is 103 Å². The molecule has 5 heterocycles. The maximum atomic E-state index is 12.2. The summed E-state index contributed by atoms with van der Waals surface area (Å²) in [7, 11) is 0. The lowest BCUT2D eigenvalue weighted by molar-refractivity contribution is -0.327. The summed E-state index contributed by atoms with van der Waals surface area (Å²) in [5.74, 6) is -0.624. The van der Waals surface area contributed by atoms with Crippen LogP contribution in [0.4, 0.5) is 0 Å². The zero-order chi connectivity index (χ0) is 61.6. The number of aromatic hydroxyl groups is 2. The Kier molecular flexibility index (Phi) is 26.7. The van der Waals surface area contributed by atoms with Crippen molar-refractivity contribution in [1.29, 1.82) is 0 Å². The summed E-state index contributed by atoms with van der Waals surface area (Å²) >= 11 is 0. The Balaban J connectivity index is 0.000000252. The van der Waals surface area contributed by atoms with Gasteiger partial charge in [0.05, 0.1) is 49.7 Å². The van der Waals surface area contributed by atoms with E-state index in [0.717, 1.165) is 23.5 Å². The lowest BCUT2D eigenvalue weighted by atomic mass is 9.84. The Labute approximate surface area is 488 Å². The van der Waals surface area contributed by atoms with Crippen molar-refractivity contribution in [3.63, 3.8) is 0 Å². The zero-order valence-corrected chi connectivity index (χ0v) is 48.3. The van der Waals surface area contributed by atoms with Crippen molar-refractivity contribution in [3.8, 4) is 23.0 Å². The quantitative estimate of drug-likeness (QED) is 0.0396. The number of Topliss-reactive ketones (excluding diaryl/α,β-unsaturated/α-hetero) is 2. The number of carbonyl (C=O) groups is 3. The Bertz CT molecular complexity index is 3000. The van der Waals surface area contributed by atoms with Gasteiger partial charge in [-0.05, 0) is 119 Å². The maximum absolute atomic E-state index is 12.2. The number of rotatable bonds is 15. The molecule has 0 amide bonds. The number of hydrogen-bond acceptors (Lipinski definition) is 22. The van der Waals surface area contributed by atoms with E-state index in [0.29, 0.717) is 40.2 Å². The molecular weight excluding hydrogens is 1100 g/mol. The number of ketones is 2. The number of phenolic OH excluding ortho intramolecular Hbond substituents is 2. The van der Waals surface area contributed by atoms with Crippen molar-refractivity contribution in [2.24, 2.45) is 17.8 Å². The normalized spacial score (nSPS) is 26.9. The predicted molar refractivity (Wildman–Crippen MR) is 307 cm³/mol. The van der Waals surface area contributed by atoms with Gasteiger partial charge >= 0.3 is 5.97 Å². The lowest BCUT2D eigenvalue weighted by Crippen LogP contribution is -2.60. The second-order valence-electron chi connectivity index (χ2n) is 20.8. The van der Waals surface area contributed by atoms with E-state index in [2.05, 4.69) is 26.8 Å². The summed E-state index contributed by atoms with van der Waals surface area (Å²) in [5.41, 5.74) is 5.53. The second-order valence-corrected chi connectivity index (χ2v) is 20.8. The van der Waals surface area contributed by atoms with Crippen molar-refractivity contribution in [1.82, 2.24) is 0 Å². The summed E-state index contributed by atoms with van der Waals surface area (Å²) in [4.78, 5) is 47.8. The number of aliphatic hydroxyl groups excluding tert-OH is 8. The molecule has 2 saturated heterocycles. The average molecular weight is 1180 g/mol. The van der Waals surface area contributed by atoms with Gasteiger partial charge in [0.1, 0.15) is 60.2 Å². The van der Waals surface area contributed by atoms with Crippen LogP contribution in [0.2, 0.25) is 0 Å². The molecule has 14 atom stereocenters. The van der Waals surface area contributed by atoms with Gasteiger partial charge in [-0.25, -0.2) is 0 Å². The molecule has 2 fully saturated rings. The third-order valence-corrected chi connectivity index (χ3v) is 14.7. The molecule has 0 bridgehead atoms. The topological polar surface area (TPSA) is 348 Å². The molecule has 464 valence electrons. The zero-order valence-electron chi connectivity index (χ0n) is 48.3. The van der Waals surface area contributed by atoms with Crippen LogP contribution in [0.15, 0.2) is 99.3 Å². The van der Waals surface area contributed by atoms with Gasteiger partial charge in [0.2, 0.25) is 24.1 Å². The van der Waals surface area contributed by atoms with E-state index in [1.807, 2.05) is 51.1 Å². The molecule has 0 radical (unpaired) electrons. The first-order chi connectivity index (χ1) is 39.3. The first kappa shape index (κ1) is 69.9. The number of hydrogen-bond donors (Lipinski definition) is 10. The molecule has 4 aliphatic rings. The summed E-state index contributed by atoms with van der Waals surface area (Å²) in [6, 6.07) is 14.3. The highest BCUT2D eigenvalue weighted by Crippen LogP contribution is 2.45. The number of phenols is 2. The number of allylic oxidation sites excluding steroid dienone is 4. The van der Waals surface area contributed by atoms with Crippen LogP contribution in [0.5, 0.6) is 23.0 Å². The van der Waals surface area contributed by atoms with Gasteiger partial charge in [-0.1, -0.05) is 65.8 Å². The number of aryl methyl sites for hydroxylation is 3. The number of fused-ring (bicyclic) bond motifs is 2. The summed E-state index contributed by atoms with van der Waals surface area (Å²) in [6.45, 7) is 18.0. The minimum Gasteiger partial charge on any atom is -0.508 e. The van der Waals surface area contributed by atoms with Crippen LogP contribution in [-0.2, 0) is 39.7 Å². The van der Waals surface area contributed by atoms with Crippen molar-refractivity contribution in [2.45, 2.75) is 170 Å². The second kappa shape index (κ2) is 32.1. The molecule has 0 aliphatic carbocycles. The Hall–Kier alpha value is -6.54. The molecule has 84 heavy (non-hydrogen) atoms. The molecule has 8 rings (SSSR count). The highest BCUT2D eigenvalue weighted by atomic mass is 16.8. The van der Waals surface area contributed by atoms with E-state index in [1.165, 1.54) is 49.6 Å². The van der Waals surface area contributed by atoms with Gasteiger partial charge in [0.25, 0.3) is 0 Å². The minimum absolute atomic E-state index is 0. The molecule has 22 heteroatoms. The number of carbonyl (C=O) groups excluding carboxylic acids is 3. The predicted octanol–water partition coefficient (Wildman–Crippen LogP) is 5.56. The van der Waals surface area contributed by atoms with E-state index >= 15 is 0 Å². The molecule has 22 nitrogen and oxygen atoms in total. The van der Waals surface area contributed by atoms with E-state index in [4.69, 9.17) is 42.7 Å². The summed E-state index contributed by atoms with van der Waals surface area (Å²) in [6.07, 6.45) is -7.21. The van der Waals surface area contributed by atoms with Gasteiger partial charge in [-0.3, -0.25) is 19.2 Å². The Morgan fingerprint density at radius 3 is 1.96 bits per heavy atom. The maximum Gasteiger partial charge on any atom is 0.306 e. The fourth-order valence-corrected chi connectivity index (χ4v) is 9.18. The summed E-state index contributed by atoms with van der Waals surface area (Å²) < 4.78 is 42.8. The van der Waals surface area contributed by atoms with Gasteiger partial charge in [-0.2, -0.15) is 0 Å². The fraction of sp³-hybridized carbons (Fsp3) is 0.516. The largest absolute Gasteiger partial charge is 0.508 e. The van der Waals surface area contributed by atoms with Crippen LogP contribution >= 0.6 is 0 Å².